The summed E-state index contributed by atoms with van der Waals surface area (Å²) in [5.41, 5.74) is 0.269. The van der Waals surface area contributed by atoms with Gasteiger partial charge in [0.2, 0.25) is 0 Å². The van der Waals surface area contributed by atoms with Crippen LogP contribution in [-0.2, 0) is 0 Å². The normalized spacial score (nSPS) is 27.8. The minimum absolute atomic E-state index is 0.0609. The van der Waals surface area contributed by atoms with E-state index in [2.05, 4.69) is 12.2 Å². The van der Waals surface area contributed by atoms with E-state index in [0.29, 0.717) is 6.54 Å². The summed E-state index contributed by atoms with van der Waals surface area (Å²) in [5.74, 6) is 0.234. The van der Waals surface area contributed by atoms with Crippen LogP contribution < -0.4 is 5.32 Å². The number of likely N-dealkylation sites (tertiary alicyclic amines) is 1. The van der Waals surface area contributed by atoms with Gasteiger partial charge in [-0.05, 0) is 38.0 Å². The maximum Gasteiger partial charge on any atom is 0.317 e. The molecule has 4 heteroatoms. The summed E-state index contributed by atoms with van der Waals surface area (Å²) in [6.07, 6.45) is 9.42. The molecule has 2 aliphatic rings. The van der Waals surface area contributed by atoms with E-state index in [9.17, 15) is 9.90 Å². The molecule has 1 saturated carbocycles. The van der Waals surface area contributed by atoms with Gasteiger partial charge in [0.05, 0.1) is 6.10 Å². The Labute approximate surface area is 129 Å². The largest absolute Gasteiger partial charge is 0.393 e. The second-order valence-electron chi connectivity index (χ2n) is 7.47. The van der Waals surface area contributed by atoms with Crippen molar-refractivity contribution < 1.29 is 9.90 Å². The molecule has 2 N–H and O–H groups in total. The number of aliphatic hydroxyl groups is 1. The number of nitrogens with one attached hydrogen (secondary N) is 1. The van der Waals surface area contributed by atoms with Crippen LogP contribution in [0.5, 0.6) is 0 Å². The van der Waals surface area contributed by atoms with E-state index < -0.39 is 0 Å². The van der Waals surface area contributed by atoms with Crippen molar-refractivity contribution in [2.45, 2.75) is 71.3 Å². The molecular formula is C17H32N2O2. The molecular weight excluding hydrogens is 264 g/mol. The standard InChI is InChI=1S/C17H32N2O2/c1-14(20)15-8-7-11-19(12-15)16(21)18-13-17(2)9-5-3-4-6-10-17/h14-15,20H,3-13H2,1-2H3,(H,18,21). The quantitative estimate of drug-likeness (QED) is 0.786. The predicted molar refractivity (Wildman–Crippen MR) is 85.2 cm³/mol. The molecule has 0 aromatic rings. The first-order valence-corrected chi connectivity index (χ1v) is 8.71. The highest BCUT2D eigenvalue weighted by atomic mass is 16.3. The van der Waals surface area contributed by atoms with Gasteiger partial charge in [-0.25, -0.2) is 4.79 Å². The lowest BCUT2D eigenvalue weighted by Gasteiger charge is -2.35. The smallest absolute Gasteiger partial charge is 0.317 e. The minimum atomic E-state index is -0.319. The number of amides is 2. The van der Waals surface area contributed by atoms with Gasteiger partial charge >= 0.3 is 6.03 Å². The third kappa shape index (κ3) is 4.87. The minimum Gasteiger partial charge on any atom is -0.393 e. The van der Waals surface area contributed by atoms with Crippen molar-refractivity contribution in [3.63, 3.8) is 0 Å². The van der Waals surface area contributed by atoms with Crippen molar-refractivity contribution in [1.29, 1.82) is 0 Å². The monoisotopic (exact) mass is 296 g/mol. The molecule has 2 atom stereocenters. The highest BCUT2D eigenvalue weighted by molar-refractivity contribution is 5.74. The molecule has 0 bridgehead atoms. The van der Waals surface area contributed by atoms with Gasteiger partial charge in [-0.3, -0.25) is 0 Å². The van der Waals surface area contributed by atoms with Crippen LogP contribution in [0.2, 0.25) is 0 Å². The Bertz CT molecular complexity index is 336. The van der Waals surface area contributed by atoms with Crippen LogP contribution in [-0.4, -0.2) is 41.8 Å². The molecule has 4 nitrogen and oxygen atoms in total. The van der Waals surface area contributed by atoms with Crippen LogP contribution in [0, 0.1) is 11.3 Å². The second kappa shape index (κ2) is 7.48. The number of rotatable bonds is 3. The molecule has 1 saturated heterocycles. The summed E-state index contributed by atoms with van der Waals surface area (Å²) in [7, 11) is 0. The van der Waals surface area contributed by atoms with E-state index in [4.69, 9.17) is 0 Å². The number of aliphatic hydroxyl groups excluding tert-OH is 1. The third-order valence-corrected chi connectivity index (χ3v) is 5.40. The van der Waals surface area contributed by atoms with E-state index in [0.717, 1.165) is 25.9 Å². The number of urea groups is 1. The second-order valence-corrected chi connectivity index (χ2v) is 7.47. The third-order valence-electron chi connectivity index (χ3n) is 5.40. The molecule has 1 heterocycles. The molecule has 2 rings (SSSR count). The lowest BCUT2D eigenvalue weighted by Crippen LogP contribution is -2.49. The molecule has 21 heavy (non-hydrogen) atoms. The van der Waals surface area contributed by atoms with Gasteiger partial charge in [-0.2, -0.15) is 0 Å². The summed E-state index contributed by atoms with van der Waals surface area (Å²) < 4.78 is 0. The number of hydrogen-bond acceptors (Lipinski definition) is 2. The van der Waals surface area contributed by atoms with E-state index in [1.165, 1.54) is 38.5 Å². The van der Waals surface area contributed by atoms with Gasteiger partial charge in [0.15, 0.2) is 0 Å². The Balaban J connectivity index is 1.80. The highest BCUT2D eigenvalue weighted by Crippen LogP contribution is 2.33. The van der Waals surface area contributed by atoms with Crippen LogP contribution in [0.4, 0.5) is 4.79 Å². The summed E-state index contributed by atoms with van der Waals surface area (Å²) in [4.78, 5) is 14.3. The molecule has 1 aliphatic carbocycles. The summed E-state index contributed by atoms with van der Waals surface area (Å²) >= 11 is 0. The first-order chi connectivity index (χ1) is 10.0. The molecule has 1 aliphatic heterocycles. The fourth-order valence-electron chi connectivity index (χ4n) is 3.75. The summed E-state index contributed by atoms with van der Waals surface area (Å²) in [6, 6.07) is 0.0609. The fourth-order valence-corrected chi connectivity index (χ4v) is 3.75. The Morgan fingerprint density at radius 3 is 2.57 bits per heavy atom. The van der Waals surface area contributed by atoms with Crippen molar-refractivity contribution >= 4 is 6.03 Å². The molecule has 122 valence electrons. The lowest BCUT2D eigenvalue weighted by molar-refractivity contribution is 0.0730. The highest BCUT2D eigenvalue weighted by Gasteiger charge is 2.29. The van der Waals surface area contributed by atoms with Crippen molar-refractivity contribution in [2.75, 3.05) is 19.6 Å². The van der Waals surface area contributed by atoms with Crippen molar-refractivity contribution in [1.82, 2.24) is 10.2 Å². The first kappa shape index (κ1) is 16.6. The van der Waals surface area contributed by atoms with Crippen molar-refractivity contribution in [2.24, 2.45) is 11.3 Å². The van der Waals surface area contributed by atoms with Gasteiger partial charge in [0.25, 0.3) is 0 Å². The topological polar surface area (TPSA) is 52.6 Å². The molecule has 0 aromatic carbocycles. The van der Waals surface area contributed by atoms with Crippen LogP contribution in [0.1, 0.15) is 65.2 Å². The summed E-state index contributed by atoms with van der Waals surface area (Å²) in [5, 5.41) is 12.9. The van der Waals surface area contributed by atoms with Crippen molar-refractivity contribution in [3.8, 4) is 0 Å². The lowest BCUT2D eigenvalue weighted by atomic mass is 9.82. The van der Waals surface area contributed by atoms with E-state index >= 15 is 0 Å². The Morgan fingerprint density at radius 1 is 1.29 bits per heavy atom. The van der Waals surface area contributed by atoms with Gasteiger partial charge in [-0.15, -0.1) is 0 Å². The van der Waals surface area contributed by atoms with E-state index in [1.807, 2.05) is 11.8 Å². The van der Waals surface area contributed by atoms with Gasteiger partial charge in [-0.1, -0.05) is 32.6 Å². The predicted octanol–water partition coefficient (Wildman–Crippen LogP) is 3.15. The van der Waals surface area contributed by atoms with Gasteiger partial charge in [0, 0.05) is 25.6 Å². The summed E-state index contributed by atoms with van der Waals surface area (Å²) in [6.45, 7) is 6.46. The Hall–Kier alpha value is -0.770. The van der Waals surface area contributed by atoms with E-state index in [1.54, 1.807) is 0 Å². The maximum absolute atomic E-state index is 12.4. The molecule has 0 radical (unpaired) electrons. The molecule has 2 amide bonds. The number of nitrogens with zero attached hydrogens (tertiary/aromatic N) is 1. The van der Waals surface area contributed by atoms with Crippen molar-refractivity contribution in [3.05, 3.63) is 0 Å². The molecule has 2 unspecified atom stereocenters. The fraction of sp³-hybridized carbons (Fsp3) is 0.941. The number of carbonyl (C=O) groups is 1. The zero-order chi connectivity index (χ0) is 15.3. The Morgan fingerprint density at radius 2 is 1.95 bits per heavy atom. The molecule has 0 aromatic heterocycles. The SMILES string of the molecule is CC(O)C1CCCN(C(=O)NCC2(C)CCCCCC2)C1. The van der Waals surface area contributed by atoms with Crippen LogP contribution in [0.15, 0.2) is 0 Å². The average molecular weight is 296 g/mol. The maximum atomic E-state index is 12.4. The van der Waals surface area contributed by atoms with Gasteiger partial charge in [0.1, 0.15) is 0 Å². The first-order valence-electron chi connectivity index (χ1n) is 8.71. The molecule has 0 spiro atoms. The number of piperidine rings is 1. The zero-order valence-electron chi connectivity index (χ0n) is 13.7. The Kier molecular flexibility index (Phi) is 5.91. The zero-order valence-corrected chi connectivity index (χ0v) is 13.7. The molecule has 2 fully saturated rings. The van der Waals surface area contributed by atoms with Crippen LogP contribution >= 0.6 is 0 Å². The van der Waals surface area contributed by atoms with Crippen LogP contribution in [0.25, 0.3) is 0 Å². The van der Waals surface area contributed by atoms with E-state index in [-0.39, 0.29) is 23.5 Å². The number of hydrogen-bond donors (Lipinski definition) is 2. The van der Waals surface area contributed by atoms with Crippen LogP contribution in [0.3, 0.4) is 0 Å². The number of carbonyl (C=O) groups excluding carboxylic acids is 1. The average Bonchev–Trinajstić information content (AvgIpc) is 2.70. The van der Waals surface area contributed by atoms with Gasteiger partial charge < -0.3 is 15.3 Å².